The largest absolute Gasteiger partial charge is 0.573 e. The van der Waals surface area contributed by atoms with Crippen LogP contribution in [-0.4, -0.2) is 6.36 Å². The Bertz CT molecular complexity index is 1020. The first-order valence-corrected chi connectivity index (χ1v) is 9.84. The maximum atomic E-state index is 12.4. The molecule has 3 aromatic rings. The van der Waals surface area contributed by atoms with Crippen molar-refractivity contribution in [1.29, 1.82) is 0 Å². The topological polar surface area (TPSA) is 35.2 Å². The first kappa shape index (κ1) is 22.0. The molecule has 3 aromatic carbocycles. The maximum absolute atomic E-state index is 12.4. The van der Waals surface area contributed by atoms with Gasteiger partial charge in [-0.05, 0) is 57.5 Å². The number of halogens is 4. The van der Waals surface area contributed by atoms with Gasteiger partial charge in [0, 0.05) is 17.1 Å². The van der Waals surface area contributed by atoms with E-state index < -0.39 is 6.36 Å². The Labute approximate surface area is 179 Å². The van der Waals surface area contributed by atoms with Crippen molar-refractivity contribution in [1.82, 2.24) is 0 Å². The van der Waals surface area contributed by atoms with E-state index in [9.17, 15) is 13.2 Å². The van der Waals surface area contributed by atoms with Gasteiger partial charge in [-0.25, -0.2) is 0 Å². The van der Waals surface area contributed by atoms with Crippen LogP contribution in [0.25, 0.3) is 11.1 Å². The van der Waals surface area contributed by atoms with E-state index in [4.69, 9.17) is 17.3 Å². The molecule has 0 heterocycles. The number of hydrogen-bond acceptors (Lipinski definition) is 2. The fraction of sp³-hybridized carbons (Fsp3) is 0.250. The third-order valence-corrected chi connectivity index (χ3v) is 5.07. The van der Waals surface area contributed by atoms with Crippen LogP contribution in [0.5, 0.6) is 5.75 Å². The Kier molecular flexibility index (Phi) is 6.04. The normalized spacial score (nSPS) is 12.1. The molecule has 0 bridgehead atoms. The summed E-state index contributed by atoms with van der Waals surface area (Å²) in [4.78, 5) is 0. The number of ether oxygens (including phenoxy) is 1. The van der Waals surface area contributed by atoms with Crippen LogP contribution < -0.4 is 10.5 Å². The van der Waals surface area contributed by atoms with E-state index in [0.29, 0.717) is 22.7 Å². The second-order valence-electron chi connectivity index (χ2n) is 8.22. The van der Waals surface area contributed by atoms with Crippen molar-refractivity contribution in [2.45, 2.75) is 39.0 Å². The highest BCUT2D eigenvalue weighted by atomic mass is 35.5. The smallest absolute Gasteiger partial charge is 0.406 e. The van der Waals surface area contributed by atoms with E-state index in [1.807, 2.05) is 0 Å². The molecule has 0 atom stereocenters. The molecule has 0 unspecified atom stereocenters. The number of alkyl halides is 3. The lowest BCUT2D eigenvalue weighted by atomic mass is 9.86. The summed E-state index contributed by atoms with van der Waals surface area (Å²) in [6.45, 7) is 6.47. The molecule has 0 saturated carbocycles. The third kappa shape index (κ3) is 5.48. The van der Waals surface area contributed by atoms with Gasteiger partial charge in [0.1, 0.15) is 5.75 Å². The number of rotatable bonds is 4. The molecule has 0 aromatic heterocycles. The van der Waals surface area contributed by atoms with Crippen molar-refractivity contribution in [2.75, 3.05) is 5.73 Å². The van der Waals surface area contributed by atoms with E-state index in [1.54, 1.807) is 24.3 Å². The fourth-order valence-electron chi connectivity index (χ4n) is 3.28. The van der Waals surface area contributed by atoms with Crippen LogP contribution in [0.3, 0.4) is 0 Å². The highest BCUT2D eigenvalue weighted by molar-refractivity contribution is 6.31. The number of benzene rings is 3. The molecule has 2 nitrogen and oxygen atoms in total. The molecule has 0 spiro atoms. The lowest BCUT2D eigenvalue weighted by molar-refractivity contribution is -0.274. The molecule has 6 heteroatoms. The van der Waals surface area contributed by atoms with Crippen molar-refractivity contribution in [2.24, 2.45) is 0 Å². The van der Waals surface area contributed by atoms with Crippen molar-refractivity contribution in [3.8, 4) is 16.9 Å². The van der Waals surface area contributed by atoms with Crippen LogP contribution in [-0.2, 0) is 11.8 Å². The standard InChI is InChI=1S/C24H23ClF3NO/c1-23(2,3)17-8-4-15(5-9-17)12-21-20(13-18(25)14-22(21)29)16-6-10-19(11-7-16)30-24(26,27)28/h4-11,13-14H,12,29H2,1-3H3. The maximum Gasteiger partial charge on any atom is 0.573 e. The average Bonchev–Trinajstić information content (AvgIpc) is 2.63. The van der Waals surface area contributed by atoms with Gasteiger partial charge in [-0.2, -0.15) is 0 Å². The predicted molar refractivity (Wildman–Crippen MR) is 116 cm³/mol. The molecule has 158 valence electrons. The molecule has 0 fully saturated rings. The second-order valence-corrected chi connectivity index (χ2v) is 8.65. The van der Waals surface area contributed by atoms with Crippen molar-refractivity contribution in [3.05, 3.63) is 82.4 Å². The van der Waals surface area contributed by atoms with Gasteiger partial charge < -0.3 is 10.5 Å². The molecular formula is C24H23ClF3NO. The van der Waals surface area contributed by atoms with Gasteiger partial charge in [0.25, 0.3) is 0 Å². The number of hydrogen-bond donors (Lipinski definition) is 1. The van der Waals surface area contributed by atoms with Gasteiger partial charge in [-0.15, -0.1) is 13.2 Å². The zero-order valence-electron chi connectivity index (χ0n) is 17.0. The van der Waals surface area contributed by atoms with E-state index in [0.717, 1.165) is 16.7 Å². The average molecular weight is 434 g/mol. The van der Waals surface area contributed by atoms with Gasteiger partial charge in [0.2, 0.25) is 0 Å². The molecule has 0 aliphatic rings. The molecule has 0 saturated heterocycles. The Morgan fingerprint density at radius 2 is 1.50 bits per heavy atom. The quantitative estimate of drug-likeness (QED) is 0.436. The molecule has 3 rings (SSSR count). The van der Waals surface area contributed by atoms with Gasteiger partial charge in [-0.3, -0.25) is 0 Å². The Morgan fingerprint density at radius 3 is 2.03 bits per heavy atom. The molecule has 2 N–H and O–H groups in total. The van der Waals surface area contributed by atoms with E-state index in [2.05, 4.69) is 49.8 Å². The monoisotopic (exact) mass is 433 g/mol. The van der Waals surface area contributed by atoms with Crippen LogP contribution in [0.1, 0.15) is 37.5 Å². The summed E-state index contributed by atoms with van der Waals surface area (Å²) < 4.78 is 41.2. The number of anilines is 1. The summed E-state index contributed by atoms with van der Waals surface area (Å²) in [6.07, 6.45) is -4.16. The summed E-state index contributed by atoms with van der Waals surface area (Å²) >= 11 is 6.21. The molecular weight excluding hydrogens is 411 g/mol. The molecule has 0 aliphatic heterocycles. The number of nitrogens with two attached hydrogens (primary N) is 1. The van der Waals surface area contributed by atoms with Crippen molar-refractivity contribution < 1.29 is 17.9 Å². The zero-order valence-corrected chi connectivity index (χ0v) is 17.7. The van der Waals surface area contributed by atoms with Crippen molar-refractivity contribution >= 4 is 17.3 Å². The lowest BCUT2D eigenvalue weighted by Crippen LogP contribution is -2.16. The summed E-state index contributed by atoms with van der Waals surface area (Å²) in [5.41, 5.74) is 11.5. The van der Waals surface area contributed by atoms with Crippen LogP contribution in [0.2, 0.25) is 5.02 Å². The minimum Gasteiger partial charge on any atom is -0.406 e. The van der Waals surface area contributed by atoms with Crippen LogP contribution in [0, 0.1) is 0 Å². The Balaban J connectivity index is 1.95. The van der Waals surface area contributed by atoms with E-state index >= 15 is 0 Å². The highest BCUT2D eigenvalue weighted by Gasteiger charge is 2.31. The minimum atomic E-state index is -4.73. The summed E-state index contributed by atoms with van der Waals surface area (Å²) in [5.74, 6) is -0.277. The Morgan fingerprint density at radius 1 is 0.900 bits per heavy atom. The summed E-state index contributed by atoms with van der Waals surface area (Å²) in [7, 11) is 0. The minimum absolute atomic E-state index is 0.0588. The summed E-state index contributed by atoms with van der Waals surface area (Å²) in [5, 5.41) is 0.463. The van der Waals surface area contributed by atoms with Crippen LogP contribution in [0.15, 0.2) is 60.7 Å². The summed E-state index contributed by atoms with van der Waals surface area (Å²) in [6, 6.07) is 17.5. The van der Waals surface area contributed by atoms with Gasteiger partial charge in [-0.1, -0.05) is 68.8 Å². The SMILES string of the molecule is CC(C)(C)c1ccc(Cc2c(N)cc(Cl)cc2-c2ccc(OC(F)(F)F)cc2)cc1. The highest BCUT2D eigenvalue weighted by Crippen LogP contribution is 2.35. The first-order valence-electron chi connectivity index (χ1n) is 9.46. The van der Waals surface area contributed by atoms with E-state index in [1.165, 1.54) is 17.7 Å². The molecule has 0 aliphatic carbocycles. The van der Waals surface area contributed by atoms with Crippen LogP contribution in [0.4, 0.5) is 18.9 Å². The van der Waals surface area contributed by atoms with Gasteiger partial charge in [0.05, 0.1) is 0 Å². The second kappa shape index (κ2) is 8.23. The van der Waals surface area contributed by atoms with Gasteiger partial charge in [0.15, 0.2) is 0 Å². The molecule has 0 radical (unpaired) electrons. The molecule has 0 amide bonds. The van der Waals surface area contributed by atoms with Gasteiger partial charge >= 0.3 is 6.36 Å². The first-order chi connectivity index (χ1) is 13.9. The third-order valence-electron chi connectivity index (χ3n) is 4.85. The van der Waals surface area contributed by atoms with E-state index in [-0.39, 0.29) is 11.2 Å². The number of nitrogen functional groups attached to an aromatic ring is 1. The van der Waals surface area contributed by atoms with Crippen LogP contribution >= 0.6 is 11.6 Å². The molecule has 30 heavy (non-hydrogen) atoms. The fourth-order valence-corrected chi connectivity index (χ4v) is 3.50. The lowest BCUT2D eigenvalue weighted by Gasteiger charge is -2.19. The van der Waals surface area contributed by atoms with Crippen molar-refractivity contribution in [3.63, 3.8) is 0 Å². The Hall–Kier alpha value is -2.66. The zero-order chi connectivity index (χ0) is 22.1. The predicted octanol–water partition coefficient (Wildman–Crippen LogP) is 7.38.